The van der Waals surface area contributed by atoms with Crippen LogP contribution in [0.2, 0.25) is 5.02 Å². The van der Waals surface area contributed by atoms with Crippen molar-refractivity contribution in [2.24, 2.45) is 0 Å². The molecule has 0 bridgehead atoms. The zero-order chi connectivity index (χ0) is 9.68. The highest BCUT2D eigenvalue weighted by molar-refractivity contribution is 6.32. The van der Waals surface area contributed by atoms with Crippen LogP contribution in [0.4, 0.5) is 0 Å². The Hall–Kier alpha value is -1.06. The Balaban J connectivity index is 3.07. The molecule has 4 heteroatoms. The maximum Gasteiger partial charge on any atom is 0.221 e. The average Bonchev–Trinajstić information content (AvgIpc) is 2.15. The van der Waals surface area contributed by atoms with Crippen LogP contribution in [-0.4, -0.2) is 23.8 Å². The zero-order valence-corrected chi connectivity index (χ0v) is 7.95. The van der Waals surface area contributed by atoms with Crippen molar-refractivity contribution in [1.82, 2.24) is 4.98 Å². The molecular weight excluding hydrogens is 190 g/mol. The highest BCUT2D eigenvalue weighted by atomic mass is 35.5. The second kappa shape index (κ2) is 4.84. The number of aliphatic hydroxyl groups excluding tert-OH is 1. The normalized spacial score (nSPS) is 10.7. The van der Waals surface area contributed by atoms with Crippen LogP contribution in [0.15, 0.2) is 18.3 Å². The van der Waals surface area contributed by atoms with E-state index in [-0.39, 0.29) is 6.61 Å². The summed E-state index contributed by atoms with van der Waals surface area (Å²) in [7, 11) is 1.52. The highest BCUT2D eigenvalue weighted by Gasteiger charge is 2.04. The Morgan fingerprint density at radius 2 is 2.46 bits per heavy atom. The number of pyridine rings is 1. The number of aromatic nitrogens is 1. The lowest BCUT2D eigenvalue weighted by molar-refractivity contribution is 0.343. The maximum absolute atomic E-state index is 8.59. The molecule has 0 aliphatic carbocycles. The number of aliphatic hydroxyl groups is 1. The Bertz CT molecular complexity index is 312. The van der Waals surface area contributed by atoms with E-state index in [1.807, 2.05) is 0 Å². The van der Waals surface area contributed by atoms with E-state index >= 15 is 0 Å². The summed E-state index contributed by atoms with van der Waals surface area (Å²) in [6, 6.07) is 1.67. The number of hydrogen-bond donors (Lipinski definition) is 1. The zero-order valence-electron chi connectivity index (χ0n) is 7.20. The van der Waals surface area contributed by atoms with Gasteiger partial charge >= 0.3 is 0 Å². The van der Waals surface area contributed by atoms with E-state index in [1.54, 1.807) is 24.4 Å². The van der Waals surface area contributed by atoms with Crippen molar-refractivity contribution in [3.05, 3.63) is 28.9 Å². The molecule has 1 heterocycles. The van der Waals surface area contributed by atoms with Gasteiger partial charge < -0.3 is 9.84 Å². The van der Waals surface area contributed by atoms with Gasteiger partial charge in [-0.05, 0) is 12.1 Å². The van der Waals surface area contributed by atoms with Gasteiger partial charge in [0.15, 0.2) is 0 Å². The van der Waals surface area contributed by atoms with E-state index in [9.17, 15) is 0 Å². The van der Waals surface area contributed by atoms with Crippen LogP contribution in [0, 0.1) is 0 Å². The largest absolute Gasteiger partial charge is 0.481 e. The summed E-state index contributed by atoms with van der Waals surface area (Å²) < 4.78 is 4.99. The molecule has 70 valence electrons. The first-order valence-electron chi connectivity index (χ1n) is 3.75. The number of halogens is 1. The fourth-order valence-corrected chi connectivity index (χ4v) is 1.12. The molecule has 1 aromatic heterocycles. The van der Waals surface area contributed by atoms with Gasteiger partial charge in [-0.25, -0.2) is 4.98 Å². The number of rotatable bonds is 3. The van der Waals surface area contributed by atoms with Gasteiger partial charge in [0.1, 0.15) is 0 Å². The number of nitrogens with zero attached hydrogens (tertiary/aromatic N) is 1. The second-order valence-corrected chi connectivity index (χ2v) is 2.71. The standard InChI is InChI=1S/C9H10ClNO2/c1-13-9-7(3-2-6-12)8(10)4-5-11-9/h2-5,12H,6H2,1H3/b3-2+. The predicted molar refractivity (Wildman–Crippen MR) is 51.9 cm³/mol. The first-order valence-corrected chi connectivity index (χ1v) is 4.13. The highest BCUT2D eigenvalue weighted by Crippen LogP contribution is 2.24. The number of ether oxygens (including phenoxy) is 1. The lowest BCUT2D eigenvalue weighted by Gasteiger charge is -2.03. The topological polar surface area (TPSA) is 42.4 Å². The first-order chi connectivity index (χ1) is 6.29. The van der Waals surface area contributed by atoms with E-state index in [2.05, 4.69) is 4.98 Å². The molecule has 3 nitrogen and oxygen atoms in total. The van der Waals surface area contributed by atoms with Crippen molar-refractivity contribution in [2.45, 2.75) is 0 Å². The Morgan fingerprint density at radius 1 is 1.69 bits per heavy atom. The third kappa shape index (κ3) is 2.44. The van der Waals surface area contributed by atoms with Crippen LogP contribution < -0.4 is 4.74 Å². The summed E-state index contributed by atoms with van der Waals surface area (Å²) in [4.78, 5) is 3.97. The van der Waals surface area contributed by atoms with Crippen LogP contribution in [0.3, 0.4) is 0 Å². The lowest BCUT2D eigenvalue weighted by atomic mass is 10.2. The minimum Gasteiger partial charge on any atom is -0.481 e. The third-order valence-electron chi connectivity index (χ3n) is 1.48. The third-order valence-corrected chi connectivity index (χ3v) is 1.81. The summed E-state index contributed by atoms with van der Waals surface area (Å²) in [6.07, 6.45) is 4.82. The first kappa shape index (κ1) is 10.0. The van der Waals surface area contributed by atoms with E-state index in [4.69, 9.17) is 21.4 Å². The van der Waals surface area contributed by atoms with Crippen molar-refractivity contribution in [1.29, 1.82) is 0 Å². The van der Waals surface area contributed by atoms with Crippen molar-refractivity contribution in [2.75, 3.05) is 13.7 Å². The Morgan fingerprint density at radius 3 is 3.08 bits per heavy atom. The van der Waals surface area contributed by atoms with Crippen LogP contribution in [-0.2, 0) is 0 Å². The lowest BCUT2D eigenvalue weighted by Crippen LogP contribution is -1.91. The van der Waals surface area contributed by atoms with Crippen LogP contribution in [0.25, 0.3) is 6.08 Å². The van der Waals surface area contributed by atoms with E-state index in [0.717, 1.165) is 0 Å². The number of hydrogen-bond acceptors (Lipinski definition) is 3. The van der Waals surface area contributed by atoms with Gasteiger partial charge in [0.25, 0.3) is 0 Å². The molecule has 13 heavy (non-hydrogen) atoms. The molecule has 0 aromatic carbocycles. The molecule has 1 aromatic rings. The fourth-order valence-electron chi connectivity index (χ4n) is 0.916. The number of methoxy groups -OCH3 is 1. The van der Waals surface area contributed by atoms with Gasteiger partial charge in [-0.3, -0.25) is 0 Å². The van der Waals surface area contributed by atoms with Gasteiger partial charge in [0.05, 0.1) is 24.3 Å². The van der Waals surface area contributed by atoms with Gasteiger partial charge in [0, 0.05) is 6.20 Å². The predicted octanol–water partition coefficient (Wildman–Crippen LogP) is 1.75. The van der Waals surface area contributed by atoms with E-state index < -0.39 is 0 Å². The summed E-state index contributed by atoms with van der Waals surface area (Å²) in [6.45, 7) is -0.0334. The van der Waals surface area contributed by atoms with Crippen LogP contribution >= 0.6 is 11.6 Å². The smallest absolute Gasteiger partial charge is 0.221 e. The summed E-state index contributed by atoms with van der Waals surface area (Å²) in [5.74, 6) is 0.456. The minimum atomic E-state index is -0.0334. The summed E-state index contributed by atoms with van der Waals surface area (Å²) in [5, 5.41) is 9.14. The maximum atomic E-state index is 8.59. The quantitative estimate of drug-likeness (QED) is 0.807. The molecule has 0 amide bonds. The van der Waals surface area contributed by atoms with Crippen molar-refractivity contribution in [3.8, 4) is 5.88 Å². The van der Waals surface area contributed by atoms with Gasteiger partial charge in [-0.1, -0.05) is 17.7 Å². The van der Waals surface area contributed by atoms with Crippen LogP contribution in [0.5, 0.6) is 5.88 Å². The van der Waals surface area contributed by atoms with Crippen LogP contribution in [0.1, 0.15) is 5.56 Å². The monoisotopic (exact) mass is 199 g/mol. The summed E-state index contributed by atoms with van der Waals surface area (Å²) >= 11 is 5.89. The molecule has 0 unspecified atom stereocenters. The van der Waals surface area contributed by atoms with Gasteiger partial charge in [0.2, 0.25) is 5.88 Å². The Kier molecular flexibility index (Phi) is 3.73. The molecule has 0 spiro atoms. The SMILES string of the molecule is COc1nccc(Cl)c1/C=C/CO. The van der Waals surface area contributed by atoms with Gasteiger partial charge in [-0.15, -0.1) is 0 Å². The summed E-state index contributed by atoms with van der Waals surface area (Å²) in [5.41, 5.74) is 0.681. The Labute approximate surface area is 81.6 Å². The average molecular weight is 200 g/mol. The molecule has 0 saturated heterocycles. The molecule has 1 rings (SSSR count). The molecular formula is C9H10ClNO2. The molecule has 0 saturated carbocycles. The van der Waals surface area contributed by atoms with Crippen molar-refractivity contribution < 1.29 is 9.84 Å². The fraction of sp³-hybridized carbons (Fsp3) is 0.222. The molecule has 1 N–H and O–H groups in total. The molecule has 0 aliphatic heterocycles. The van der Waals surface area contributed by atoms with Crippen molar-refractivity contribution >= 4 is 17.7 Å². The van der Waals surface area contributed by atoms with E-state index in [1.165, 1.54) is 7.11 Å². The second-order valence-electron chi connectivity index (χ2n) is 2.30. The molecule has 0 aliphatic rings. The van der Waals surface area contributed by atoms with E-state index in [0.29, 0.717) is 16.5 Å². The van der Waals surface area contributed by atoms with Gasteiger partial charge in [-0.2, -0.15) is 0 Å². The molecule has 0 radical (unpaired) electrons. The molecule has 0 atom stereocenters. The minimum absolute atomic E-state index is 0.0334. The molecule has 0 fully saturated rings. The van der Waals surface area contributed by atoms with Crippen molar-refractivity contribution in [3.63, 3.8) is 0 Å².